The fourth-order valence-corrected chi connectivity index (χ4v) is 2.24. The van der Waals surface area contributed by atoms with E-state index in [4.69, 9.17) is 9.47 Å². The van der Waals surface area contributed by atoms with Gasteiger partial charge in [0.15, 0.2) is 12.9 Å². The van der Waals surface area contributed by atoms with Crippen LogP contribution in [0.2, 0.25) is 0 Å². The van der Waals surface area contributed by atoms with Crippen LogP contribution in [0.5, 0.6) is 0 Å². The van der Waals surface area contributed by atoms with E-state index in [0.717, 1.165) is 5.69 Å². The van der Waals surface area contributed by atoms with Crippen LogP contribution in [0.15, 0.2) is 24.3 Å². The third-order valence-electron chi connectivity index (χ3n) is 3.20. The maximum Gasteiger partial charge on any atom is 0.414 e. The van der Waals surface area contributed by atoms with E-state index in [1.807, 2.05) is 6.07 Å². The number of anilines is 2. The van der Waals surface area contributed by atoms with E-state index in [1.54, 1.807) is 23.1 Å². The number of amides is 1. The second kappa shape index (κ2) is 5.05. The second-order valence-electron chi connectivity index (χ2n) is 4.38. The molecule has 1 aromatic carbocycles. The number of morpholine rings is 1. The summed E-state index contributed by atoms with van der Waals surface area (Å²) in [5, 5.41) is 0. The molecule has 6 heteroatoms. The maximum absolute atomic E-state index is 13.8. The van der Waals surface area contributed by atoms with Crippen molar-refractivity contribution >= 4 is 17.5 Å². The van der Waals surface area contributed by atoms with E-state index in [9.17, 15) is 9.18 Å². The fraction of sp³-hybridized carbons (Fsp3) is 0.385. The summed E-state index contributed by atoms with van der Waals surface area (Å²) in [7, 11) is 0. The Morgan fingerprint density at radius 1 is 1.32 bits per heavy atom. The molecule has 2 saturated heterocycles. The molecular weight excluding hydrogens is 251 g/mol. The smallest absolute Gasteiger partial charge is 0.414 e. The molecule has 2 aliphatic rings. The molecular formula is C13H14FN2O3. The topological polar surface area (TPSA) is 42.0 Å². The monoisotopic (exact) mass is 265 g/mol. The number of ether oxygens (including phenoxy) is 2. The molecule has 1 atom stereocenters. The molecule has 1 aromatic rings. The first-order valence-corrected chi connectivity index (χ1v) is 6.14. The summed E-state index contributed by atoms with van der Waals surface area (Å²) in [4.78, 5) is 14.6. The number of alkyl halides is 1. The van der Waals surface area contributed by atoms with Gasteiger partial charge in [0.05, 0.1) is 19.8 Å². The third-order valence-corrected chi connectivity index (χ3v) is 3.20. The van der Waals surface area contributed by atoms with Gasteiger partial charge >= 0.3 is 6.09 Å². The summed E-state index contributed by atoms with van der Waals surface area (Å²) in [6.45, 7) is 2.93. The molecule has 0 bridgehead atoms. The van der Waals surface area contributed by atoms with Gasteiger partial charge in [-0.3, -0.25) is 4.90 Å². The molecule has 2 fully saturated rings. The number of cyclic esters (lactones) is 1. The molecule has 0 aliphatic carbocycles. The van der Waals surface area contributed by atoms with Crippen LogP contribution < -0.4 is 9.80 Å². The van der Waals surface area contributed by atoms with E-state index >= 15 is 0 Å². The normalized spacial score (nSPS) is 23.6. The average molecular weight is 265 g/mol. The van der Waals surface area contributed by atoms with Gasteiger partial charge in [0, 0.05) is 17.9 Å². The molecule has 5 nitrogen and oxygen atoms in total. The van der Waals surface area contributed by atoms with Crippen molar-refractivity contribution in [1.82, 2.24) is 0 Å². The van der Waals surface area contributed by atoms with Crippen LogP contribution in [-0.4, -0.2) is 38.7 Å². The third kappa shape index (κ3) is 2.35. The molecule has 19 heavy (non-hydrogen) atoms. The Kier molecular flexibility index (Phi) is 3.25. The number of rotatable bonds is 2. The van der Waals surface area contributed by atoms with Crippen LogP contribution in [0.1, 0.15) is 0 Å². The van der Waals surface area contributed by atoms with Gasteiger partial charge in [0.1, 0.15) is 0 Å². The predicted octanol–water partition coefficient (Wildman–Crippen LogP) is 1.94. The zero-order valence-electron chi connectivity index (χ0n) is 10.3. The molecule has 3 rings (SSSR count). The highest BCUT2D eigenvalue weighted by atomic mass is 19.1. The van der Waals surface area contributed by atoms with Crippen molar-refractivity contribution in [2.75, 3.05) is 36.1 Å². The predicted molar refractivity (Wildman–Crippen MR) is 67.6 cm³/mol. The Hall–Kier alpha value is -1.82. The van der Waals surface area contributed by atoms with E-state index in [0.29, 0.717) is 25.4 Å². The lowest BCUT2D eigenvalue weighted by molar-refractivity contribution is 0.0497. The van der Waals surface area contributed by atoms with Crippen LogP contribution in [0.4, 0.5) is 20.6 Å². The minimum Gasteiger partial charge on any atom is -0.440 e. The van der Waals surface area contributed by atoms with Gasteiger partial charge in [-0.2, -0.15) is 0 Å². The van der Waals surface area contributed by atoms with E-state index in [-0.39, 0.29) is 6.61 Å². The molecule has 2 aliphatic heterocycles. The lowest BCUT2D eigenvalue weighted by Crippen LogP contribution is -2.42. The molecule has 101 valence electrons. The van der Waals surface area contributed by atoms with Crippen LogP contribution in [0.25, 0.3) is 0 Å². The summed E-state index contributed by atoms with van der Waals surface area (Å²) in [6, 6.07) is 7.22. The highest BCUT2D eigenvalue weighted by molar-refractivity contribution is 5.90. The van der Waals surface area contributed by atoms with Gasteiger partial charge in [0.2, 0.25) is 0 Å². The first-order valence-electron chi connectivity index (χ1n) is 6.14. The average Bonchev–Trinajstić information content (AvgIpc) is 2.86. The Labute approximate surface area is 110 Å². The number of benzene rings is 1. The molecule has 1 amide bonds. The summed E-state index contributed by atoms with van der Waals surface area (Å²) in [5.41, 5.74) is 1.45. The largest absolute Gasteiger partial charge is 0.440 e. The second-order valence-corrected chi connectivity index (χ2v) is 4.38. The van der Waals surface area contributed by atoms with Gasteiger partial charge in [0.25, 0.3) is 0 Å². The minimum absolute atomic E-state index is 0.0732. The number of nitrogens with zero attached hydrogens (tertiary/aromatic N) is 2. The van der Waals surface area contributed by atoms with Gasteiger partial charge in [-0.15, -0.1) is 0 Å². The summed E-state index contributed by atoms with van der Waals surface area (Å²) >= 11 is 0. The number of carbonyl (C=O) groups is 1. The number of hydrogen-bond acceptors (Lipinski definition) is 4. The van der Waals surface area contributed by atoms with Crippen molar-refractivity contribution < 1.29 is 18.7 Å². The zero-order valence-corrected chi connectivity index (χ0v) is 10.3. The van der Waals surface area contributed by atoms with Crippen molar-refractivity contribution in [2.24, 2.45) is 0 Å². The number of halogens is 1. The Bertz CT molecular complexity index is 483. The van der Waals surface area contributed by atoms with Crippen LogP contribution in [0.3, 0.4) is 0 Å². The molecule has 0 saturated carbocycles. The molecule has 1 radical (unpaired) electrons. The van der Waals surface area contributed by atoms with Gasteiger partial charge in [-0.1, -0.05) is 6.07 Å². The van der Waals surface area contributed by atoms with Crippen molar-refractivity contribution in [3.8, 4) is 0 Å². The first-order chi connectivity index (χ1) is 9.25. The van der Waals surface area contributed by atoms with E-state index in [2.05, 4.69) is 0 Å². The fourth-order valence-electron chi connectivity index (χ4n) is 2.24. The van der Waals surface area contributed by atoms with Crippen LogP contribution in [0, 0.1) is 6.61 Å². The summed E-state index contributed by atoms with van der Waals surface area (Å²) in [6.07, 6.45) is -1.56. The van der Waals surface area contributed by atoms with Crippen molar-refractivity contribution in [1.29, 1.82) is 0 Å². The summed E-state index contributed by atoms with van der Waals surface area (Å²) in [5.74, 6) is 0. The van der Waals surface area contributed by atoms with E-state index in [1.165, 1.54) is 11.5 Å². The van der Waals surface area contributed by atoms with Crippen molar-refractivity contribution in [3.63, 3.8) is 0 Å². The Morgan fingerprint density at radius 3 is 2.89 bits per heavy atom. The van der Waals surface area contributed by atoms with Gasteiger partial charge < -0.3 is 14.4 Å². The molecule has 0 aromatic heterocycles. The lowest BCUT2D eigenvalue weighted by Gasteiger charge is -2.32. The quantitative estimate of drug-likeness (QED) is 0.766. The van der Waals surface area contributed by atoms with Crippen molar-refractivity contribution in [2.45, 2.75) is 6.30 Å². The standard InChI is InChI=1S/C13H14FN2O3/c14-12-9-18-6-4-15(12)10-2-1-3-11(8-10)16-5-7-19-13(16)17/h1-3,7-8,12H,4-6,9H2/t12-/m1/s1. The maximum atomic E-state index is 13.8. The Morgan fingerprint density at radius 2 is 2.16 bits per heavy atom. The highest BCUT2D eigenvalue weighted by Crippen LogP contribution is 2.27. The van der Waals surface area contributed by atoms with Crippen molar-refractivity contribution in [3.05, 3.63) is 30.9 Å². The lowest BCUT2D eigenvalue weighted by atomic mass is 10.2. The molecule has 0 unspecified atom stereocenters. The molecule has 0 N–H and O–H groups in total. The molecule has 2 heterocycles. The number of carbonyl (C=O) groups excluding carboxylic acids is 1. The first kappa shape index (κ1) is 12.2. The SMILES string of the molecule is O=C1O[CH]CN1c1cccc(N2CCOC[C@@H]2F)c1. The van der Waals surface area contributed by atoms with E-state index < -0.39 is 12.4 Å². The minimum atomic E-state index is -1.15. The van der Waals surface area contributed by atoms with Crippen LogP contribution in [-0.2, 0) is 9.47 Å². The summed E-state index contributed by atoms with van der Waals surface area (Å²) < 4.78 is 23.7. The van der Waals surface area contributed by atoms with Crippen LogP contribution >= 0.6 is 0 Å². The van der Waals surface area contributed by atoms with Gasteiger partial charge in [-0.25, -0.2) is 9.18 Å². The Balaban J connectivity index is 1.85. The number of hydrogen-bond donors (Lipinski definition) is 0. The molecule has 0 spiro atoms. The highest BCUT2D eigenvalue weighted by Gasteiger charge is 2.26. The zero-order chi connectivity index (χ0) is 13.2. The van der Waals surface area contributed by atoms with Gasteiger partial charge in [-0.05, 0) is 18.2 Å².